The van der Waals surface area contributed by atoms with Gasteiger partial charge in [0.25, 0.3) is 5.91 Å². The molecule has 1 amide bonds. The normalized spacial score (nSPS) is 11.2. The second kappa shape index (κ2) is 9.10. The molecule has 3 rings (SSSR count). The molecule has 0 saturated heterocycles. The maximum absolute atomic E-state index is 12.9. The van der Waals surface area contributed by atoms with E-state index in [9.17, 15) is 14.9 Å². The van der Waals surface area contributed by atoms with Crippen molar-refractivity contribution in [2.24, 2.45) is 0 Å². The van der Waals surface area contributed by atoms with Crippen molar-refractivity contribution in [3.05, 3.63) is 71.4 Å². The van der Waals surface area contributed by atoms with E-state index < -0.39 is 5.91 Å². The number of aromatic nitrogens is 1. The van der Waals surface area contributed by atoms with Crippen molar-refractivity contribution in [3.63, 3.8) is 0 Å². The zero-order chi connectivity index (χ0) is 21.7. The number of rotatable bonds is 6. The Balaban J connectivity index is 2.04. The topological polar surface area (TPSA) is 75.3 Å². The first-order chi connectivity index (χ1) is 14.5. The van der Waals surface area contributed by atoms with Gasteiger partial charge in [-0.1, -0.05) is 30.3 Å². The highest BCUT2D eigenvalue weighted by molar-refractivity contribution is 6.12. The van der Waals surface area contributed by atoms with Crippen LogP contribution in [0.15, 0.2) is 60.3 Å². The van der Waals surface area contributed by atoms with Crippen LogP contribution in [0, 0.1) is 18.3 Å². The minimum absolute atomic E-state index is 0.0137. The van der Waals surface area contributed by atoms with Crippen molar-refractivity contribution in [2.45, 2.75) is 20.4 Å². The number of benzene rings is 2. The molecule has 0 unspecified atom stereocenters. The molecule has 30 heavy (non-hydrogen) atoms. The van der Waals surface area contributed by atoms with Gasteiger partial charge in [0.2, 0.25) is 0 Å². The zero-order valence-electron chi connectivity index (χ0n) is 17.3. The number of hydrogen-bond donors (Lipinski definition) is 0. The number of carbonyl (C=O) groups is 2. The quantitative estimate of drug-likeness (QED) is 0.354. The standard InChI is InChI=1S/C24H23N3O3/c1-4-30-22(28)16-27-15-19(23-17(2)9-8-12-21(23)27)13-18(14-25)24(29)26(3)20-10-6-5-7-11-20/h5-13,15H,4,16H2,1-3H3/b18-13+. The van der Waals surface area contributed by atoms with Gasteiger partial charge in [0.1, 0.15) is 18.2 Å². The third-order valence-corrected chi connectivity index (χ3v) is 4.85. The third-order valence-electron chi connectivity index (χ3n) is 4.85. The molecular weight excluding hydrogens is 378 g/mol. The SMILES string of the molecule is CCOC(=O)Cn1cc(/C=C(\C#N)C(=O)N(C)c2ccccc2)c2c(C)cccc21. The maximum atomic E-state index is 12.9. The summed E-state index contributed by atoms with van der Waals surface area (Å²) >= 11 is 0. The van der Waals surface area contributed by atoms with Gasteiger partial charge in [-0.3, -0.25) is 9.59 Å². The highest BCUT2D eigenvalue weighted by Crippen LogP contribution is 2.27. The van der Waals surface area contributed by atoms with E-state index in [1.54, 1.807) is 30.8 Å². The van der Waals surface area contributed by atoms with Crippen molar-refractivity contribution in [1.82, 2.24) is 4.57 Å². The number of amides is 1. The molecule has 0 aliphatic heterocycles. The number of carbonyl (C=O) groups excluding carboxylic acids is 2. The van der Waals surface area contributed by atoms with E-state index in [2.05, 4.69) is 0 Å². The Bertz CT molecular complexity index is 1150. The van der Waals surface area contributed by atoms with Gasteiger partial charge in [-0.2, -0.15) is 5.26 Å². The Labute approximate surface area is 175 Å². The highest BCUT2D eigenvalue weighted by atomic mass is 16.5. The van der Waals surface area contributed by atoms with Crippen LogP contribution in [-0.2, 0) is 20.9 Å². The number of esters is 1. The summed E-state index contributed by atoms with van der Waals surface area (Å²) in [6.07, 6.45) is 3.36. The minimum atomic E-state index is -0.399. The Kier molecular flexibility index (Phi) is 6.33. The Morgan fingerprint density at radius 1 is 1.17 bits per heavy atom. The lowest BCUT2D eigenvalue weighted by Gasteiger charge is -2.16. The van der Waals surface area contributed by atoms with Crippen LogP contribution in [0.4, 0.5) is 5.69 Å². The monoisotopic (exact) mass is 401 g/mol. The molecule has 152 valence electrons. The summed E-state index contributed by atoms with van der Waals surface area (Å²) in [7, 11) is 1.64. The molecule has 1 heterocycles. The van der Waals surface area contributed by atoms with Crippen molar-refractivity contribution in [3.8, 4) is 6.07 Å². The van der Waals surface area contributed by atoms with Gasteiger partial charge in [-0.25, -0.2) is 0 Å². The van der Waals surface area contributed by atoms with Gasteiger partial charge in [-0.05, 0) is 43.7 Å². The van der Waals surface area contributed by atoms with Crippen LogP contribution in [0.1, 0.15) is 18.1 Å². The molecular formula is C24H23N3O3. The van der Waals surface area contributed by atoms with Crippen LogP contribution in [0.25, 0.3) is 17.0 Å². The van der Waals surface area contributed by atoms with E-state index in [0.717, 1.165) is 16.5 Å². The fraction of sp³-hybridized carbons (Fsp3) is 0.208. The smallest absolute Gasteiger partial charge is 0.325 e. The summed E-state index contributed by atoms with van der Waals surface area (Å²) in [5, 5.41) is 10.6. The van der Waals surface area contributed by atoms with Crippen LogP contribution in [-0.4, -0.2) is 30.1 Å². The average Bonchev–Trinajstić information content (AvgIpc) is 3.10. The van der Waals surface area contributed by atoms with E-state index in [4.69, 9.17) is 4.74 Å². The second-order valence-corrected chi connectivity index (χ2v) is 6.86. The Morgan fingerprint density at radius 3 is 2.57 bits per heavy atom. The first kappa shape index (κ1) is 20.9. The van der Waals surface area contributed by atoms with E-state index in [1.165, 1.54) is 4.90 Å². The van der Waals surface area contributed by atoms with E-state index in [1.807, 2.05) is 61.5 Å². The van der Waals surface area contributed by atoms with Crippen molar-refractivity contribution < 1.29 is 14.3 Å². The van der Waals surface area contributed by atoms with Crippen LogP contribution in [0.3, 0.4) is 0 Å². The van der Waals surface area contributed by atoms with Crippen molar-refractivity contribution in [1.29, 1.82) is 5.26 Å². The number of anilines is 1. The number of aryl methyl sites for hydroxylation is 1. The summed E-state index contributed by atoms with van der Waals surface area (Å²) in [6, 6.07) is 16.9. The van der Waals surface area contributed by atoms with Crippen LogP contribution < -0.4 is 4.90 Å². The number of hydrogen-bond acceptors (Lipinski definition) is 4. The summed E-state index contributed by atoms with van der Waals surface area (Å²) in [5.74, 6) is -0.740. The lowest BCUT2D eigenvalue weighted by molar-refractivity contribution is -0.143. The first-order valence-electron chi connectivity index (χ1n) is 9.65. The lowest BCUT2D eigenvalue weighted by atomic mass is 10.1. The van der Waals surface area contributed by atoms with Crippen molar-refractivity contribution >= 4 is 34.5 Å². The van der Waals surface area contributed by atoms with Gasteiger partial charge in [0.15, 0.2) is 0 Å². The molecule has 0 spiro atoms. The first-order valence-corrected chi connectivity index (χ1v) is 9.65. The third kappa shape index (κ3) is 4.26. The summed E-state index contributed by atoms with van der Waals surface area (Å²) < 4.78 is 6.85. The van der Waals surface area contributed by atoms with Crippen molar-refractivity contribution in [2.75, 3.05) is 18.6 Å². The van der Waals surface area contributed by atoms with E-state index in [-0.39, 0.29) is 18.1 Å². The number of fused-ring (bicyclic) bond motifs is 1. The number of likely N-dealkylation sites (N-methyl/N-ethyl adjacent to an activating group) is 1. The molecule has 0 fully saturated rings. The Hall–Kier alpha value is -3.85. The molecule has 0 aliphatic rings. The molecule has 3 aromatic rings. The lowest BCUT2D eigenvalue weighted by Crippen LogP contribution is -2.27. The number of para-hydroxylation sites is 1. The molecule has 0 N–H and O–H groups in total. The number of nitrogens with zero attached hydrogens (tertiary/aromatic N) is 3. The molecule has 0 radical (unpaired) electrons. The number of ether oxygens (including phenoxy) is 1. The zero-order valence-corrected chi connectivity index (χ0v) is 17.3. The second-order valence-electron chi connectivity index (χ2n) is 6.86. The molecule has 0 atom stereocenters. The maximum Gasteiger partial charge on any atom is 0.325 e. The molecule has 2 aromatic carbocycles. The molecule has 0 aliphatic carbocycles. The fourth-order valence-electron chi connectivity index (χ4n) is 3.40. The largest absolute Gasteiger partial charge is 0.465 e. The Morgan fingerprint density at radius 2 is 1.90 bits per heavy atom. The molecule has 6 heteroatoms. The van der Waals surface area contributed by atoms with Crippen LogP contribution in [0.5, 0.6) is 0 Å². The predicted octanol–water partition coefficient (Wildman–Crippen LogP) is 4.08. The van der Waals surface area contributed by atoms with Gasteiger partial charge in [0, 0.05) is 35.4 Å². The fourth-order valence-corrected chi connectivity index (χ4v) is 3.40. The minimum Gasteiger partial charge on any atom is -0.465 e. The summed E-state index contributed by atoms with van der Waals surface area (Å²) in [5.41, 5.74) is 3.25. The summed E-state index contributed by atoms with van der Waals surface area (Å²) in [6.45, 7) is 4.08. The van der Waals surface area contributed by atoms with Gasteiger partial charge >= 0.3 is 5.97 Å². The van der Waals surface area contributed by atoms with E-state index >= 15 is 0 Å². The molecule has 0 saturated carbocycles. The molecule has 0 bridgehead atoms. The van der Waals surface area contributed by atoms with Gasteiger partial charge in [0.05, 0.1) is 6.61 Å². The number of nitriles is 1. The average molecular weight is 401 g/mol. The predicted molar refractivity (Wildman–Crippen MR) is 117 cm³/mol. The van der Waals surface area contributed by atoms with Crippen LogP contribution in [0.2, 0.25) is 0 Å². The molecule has 1 aromatic heterocycles. The summed E-state index contributed by atoms with van der Waals surface area (Å²) in [4.78, 5) is 26.4. The van der Waals surface area contributed by atoms with Crippen LogP contribution >= 0.6 is 0 Å². The molecule has 6 nitrogen and oxygen atoms in total. The van der Waals surface area contributed by atoms with E-state index in [0.29, 0.717) is 17.9 Å². The van der Waals surface area contributed by atoms with Gasteiger partial charge < -0.3 is 14.2 Å². The highest BCUT2D eigenvalue weighted by Gasteiger charge is 2.18. The van der Waals surface area contributed by atoms with Gasteiger partial charge in [-0.15, -0.1) is 0 Å².